The number of ether oxygens (including phenoxy) is 1. The molecule has 2 aliphatic rings. The Kier molecular flexibility index (Phi) is 2.90. The second kappa shape index (κ2) is 4.18. The monoisotopic (exact) mass is 213 g/mol. The fraction of sp³-hybridized carbons (Fsp3) is 0.800. The lowest BCUT2D eigenvalue weighted by Crippen LogP contribution is -2.48. The van der Waals surface area contributed by atoms with Gasteiger partial charge in [-0.2, -0.15) is 0 Å². The maximum absolute atomic E-state index is 11.6. The van der Waals surface area contributed by atoms with Crippen LogP contribution in [-0.2, 0) is 14.3 Å². The number of carboxylic acid groups (broad SMARTS) is 1. The fourth-order valence-electron chi connectivity index (χ4n) is 2.19. The summed E-state index contributed by atoms with van der Waals surface area (Å²) in [5, 5.41) is 8.92. The van der Waals surface area contributed by atoms with Gasteiger partial charge in [0.2, 0.25) is 5.91 Å². The summed E-state index contributed by atoms with van der Waals surface area (Å²) >= 11 is 0. The third-order valence-electron chi connectivity index (χ3n) is 3.14. The Morgan fingerprint density at radius 2 is 2.27 bits per heavy atom. The van der Waals surface area contributed by atoms with E-state index < -0.39 is 11.9 Å². The van der Waals surface area contributed by atoms with Gasteiger partial charge in [-0.3, -0.25) is 9.59 Å². The van der Waals surface area contributed by atoms with Crippen LogP contribution in [0.3, 0.4) is 0 Å². The van der Waals surface area contributed by atoms with Crippen LogP contribution in [0, 0.1) is 5.92 Å². The quantitative estimate of drug-likeness (QED) is 0.706. The van der Waals surface area contributed by atoms with Gasteiger partial charge in [-0.15, -0.1) is 0 Å². The summed E-state index contributed by atoms with van der Waals surface area (Å²) in [6.45, 7) is 1.58. The summed E-state index contributed by atoms with van der Waals surface area (Å²) in [4.78, 5) is 24.2. The highest BCUT2D eigenvalue weighted by molar-refractivity contribution is 5.80. The van der Waals surface area contributed by atoms with E-state index in [2.05, 4.69) is 0 Å². The highest BCUT2D eigenvalue weighted by atomic mass is 16.5. The topological polar surface area (TPSA) is 66.8 Å². The summed E-state index contributed by atoms with van der Waals surface area (Å²) in [6.07, 6.45) is 1.66. The molecule has 0 saturated carbocycles. The highest BCUT2D eigenvalue weighted by Gasteiger charge is 2.35. The smallest absolute Gasteiger partial charge is 0.308 e. The Morgan fingerprint density at radius 1 is 1.47 bits per heavy atom. The SMILES string of the molecule is O=C(O)C1CCC(=O)N(C2CCOC2)C1. The van der Waals surface area contributed by atoms with Crippen LogP contribution in [0.25, 0.3) is 0 Å². The van der Waals surface area contributed by atoms with Gasteiger partial charge >= 0.3 is 5.97 Å². The number of carbonyl (C=O) groups excluding carboxylic acids is 1. The molecule has 1 amide bonds. The number of hydrogen-bond donors (Lipinski definition) is 1. The molecule has 2 unspecified atom stereocenters. The molecular formula is C10H15NO4. The van der Waals surface area contributed by atoms with Crippen molar-refractivity contribution in [2.24, 2.45) is 5.92 Å². The lowest BCUT2D eigenvalue weighted by molar-refractivity contribution is -0.148. The Balaban J connectivity index is 2.01. The van der Waals surface area contributed by atoms with Gasteiger partial charge in [0.15, 0.2) is 0 Å². The molecule has 2 atom stereocenters. The van der Waals surface area contributed by atoms with Crippen molar-refractivity contribution in [1.29, 1.82) is 0 Å². The number of likely N-dealkylation sites (tertiary alicyclic amines) is 1. The van der Waals surface area contributed by atoms with Crippen LogP contribution < -0.4 is 0 Å². The normalized spacial score (nSPS) is 32.0. The van der Waals surface area contributed by atoms with E-state index in [1.807, 2.05) is 0 Å². The van der Waals surface area contributed by atoms with Gasteiger partial charge in [-0.05, 0) is 12.8 Å². The van der Waals surface area contributed by atoms with E-state index in [1.165, 1.54) is 0 Å². The van der Waals surface area contributed by atoms with E-state index in [9.17, 15) is 9.59 Å². The molecule has 15 heavy (non-hydrogen) atoms. The zero-order chi connectivity index (χ0) is 10.8. The van der Waals surface area contributed by atoms with Crippen LogP contribution in [0.2, 0.25) is 0 Å². The molecule has 5 nitrogen and oxygen atoms in total. The predicted molar refractivity (Wildman–Crippen MR) is 51.3 cm³/mol. The molecule has 1 N–H and O–H groups in total. The van der Waals surface area contributed by atoms with Crippen LogP contribution in [0.4, 0.5) is 0 Å². The Labute approximate surface area is 88.0 Å². The van der Waals surface area contributed by atoms with Crippen LogP contribution in [0.1, 0.15) is 19.3 Å². The second-order valence-electron chi connectivity index (χ2n) is 4.14. The number of hydrogen-bond acceptors (Lipinski definition) is 3. The number of nitrogens with zero attached hydrogens (tertiary/aromatic N) is 1. The second-order valence-corrected chi connectivity index (χ2v) is 4.14. The predicted octanol–water partition coefficient (Wildman–Crippen LogP) is 0.0985. The molecule has 0 spiro atoms. The molecule has 0 aromatic rings. The average Bonchev–Trinajstić information content (AvgIpc) is 2.71. The van der Waals surface area contributed by atoms with Gasteiger partial charge in [0.25, 0.3) is 0 Å². The van der Waals surface area contributed by atoms with Gasteiger partial charge in [-0.1, -0.05) is 0 Å². The molecule has 0 aromatic carbocycles. The van der Waals surface area contributed by atoms with Crippen LogP contribution in [0.5, 0.6) is 0 Å². The van der Waals surface area contributed by atoms with Crippen molar-refractivity contribution in [1.82, 2.24) is 4.90 Å². The first-order valence-corrected chi connectivity index (χ1v) is 5.28. The minimum atomic E-state index is -0.800. The Hall–Kier alpha value is -1.10. The number of carbonyl (C=O) groups is 2. The Bertz CT molecular complexity index is 273. The minimum Gasteiger partial charge on any atom is -0.481 e. The average molecular weight is 213 g/mol. The lowest BCUT2D eigenvalue weighted by atomic mass is 9.96. The van der Waals surface area contributed by atoms with Crippen molar-refractivity contribution in [3.05, 3.63) is 0 Å². The van der Waals surface area contributed by atoms with Crippen LogP contribution >= 0.6 is 0 Å². The van der Waals surface area contributed by atoms with Crippen molar-refractivity contribution < 1.29 is 19.4 Å². The fourth-order valence-corrected chi connectivity index (χ4v) is 2.19. The molecule has 2 saturated heterocycles. The molecule has 0 aliphatic carbocycles. The van der Waals surface area contributed by atoms with E-state index in [1.54, 1.807) is 4.90 Å². The molecule has 0 radical (unpaired) electrons. The van der Waals surface area contributed by atoms with E-state index in [4.69, 9.17) is 9.84 Å². The standard InChI is InChI=1S/C10H15NO4/c12-9-2-1-7(10(13)14)5-11(9)8-3-4-15-6-8/h7-8H,1-6H2,(H,13,14). The number of aliphatic carboxylic acids is 1. The zero-order valence-electron chi connectivity index (χ0n) is 8.52. The summed E-state index contributed by atoms with van der Waals surface area (Å²) in [5.41, 5.74) is 0. The molecule has 2 aliphatic heterocycles. The van der Waals surface area contributed by atoms with Crippen LogP contribution in [-0.4, -0.2) is 47.7 Å². The summed E-state index contributed by atoms with van der Waals surface area (Å²) < 4.78 is 5.21. The molecule has 2 fully saturated rings. The molecule has 2 heterocycles. The third kappa shape index (κ3) is 2.12. The molecule has 0 aromatic heterocycles. The molecule has 84 valence electrons. The van der Waals surface area contributed by atoms with Gasteiger partial charge in [-0.25, -0.2) is 0 Å². The van der Waals surface area contributed by atoms with Crippen molar-refractivity contribution in [2.45, 2.75) is 25.3 Å². The van der Waals surface area contributed by atoms with Gasteiger partial charge in [0.1, 0.15) is 0 Å². The summed E-state index contributed by atoms with van der Waals surface area (Å²) in [7, 11) is 0. The van der Waals surface area contributed by atoms with Crippen molar-refractivity contribution in [3.63, 3.8) is 0 Å². The van der Waals surface area contributed by atoms with Gasteiger partial charge < -0.3 is 14.7 Å². The van der Waals surface area contributed by atoms with E-state index in [0.717, 1.165) is 6.42 Å². The zero-order valence-corrected chi connectivity index (χ0v) is 8.52. The van der Waals surface area contributed by atoms with Crippen molar-refractivity contribution in [2.75, 3.05) is 19.8 Å². The van der Waals surface area contributed by atoms with E-state index in [0.29, 0.717) is 32.6 Å². The van der Waals surface area contributed by atoms with Crippen molar-refractivity contribution in [3.8, 4) is 0 Å². The van der Waals surface area contributed by atoms with Crippen LogP contribution in [0.15, 0.2) is 0 Å². The van der Waals surface area contributed by atoms with E-state index in [-0.39, 0.29) is 11.9 Å². The Morgan fingerprint density at radius 3 is 2.87 bits per heavy atom. The summed E-state index contributed by atoms with van der Waals surface area (Å²) in [5.74, 6) is -1.13. The molecule has 2 rings (SSSR count). The molecule has 0 bridgehead atoms. The number of amides is 1. The lowest BCUT2D eigenvalue weighted by Gasteiger charge is -2.34. The van der Waals surface area contributed by atoms with Crippen molar-refractivity contribution >= 4 is 11.9 Å². The summed E-state index contributed by atoms with van der Waals surface area (Å²) in [6, 6.07) is 0.0969. The molecule has 5 heteroatoms. The van der Waals surface area contributed by atoms with Gasteiger partial charge in [0.05, 0.1) is 18.6 Å². The third-order valence-corrected chi connectivity index (χ3v) is 3.14. The number of carboxylic acids is 1. The maximum Gasteiger partial charge on any atom is 0.308 e. The first-order chi connectivity index (χ1) is 7.18. The largest absolute Gasteiger partial charge is 0.481 e. The molecular weight excluding hydrogens is 198 g/mol. The number of rotatable bonds is 2. The first-order valence-electron chi connectivity index (χ1n) is 5.28. The number of piperidine rings is 1. The first kappa shape index (κ1) is 10.4. The van der Waals surface area contributed by atoms with E-state index >= 15 is 0 Å². The van der Waals surface area contributed by atoms with Gasteiger partial charge in [0, 0.05) is 19.6 Å². The minimum absolute atomic E-state index is 0.0722. The highest BCUT2D eigenvalue weighted by Crippen LogP contribution is 2.23. The maximum atomic E-state index is 11.6.